The number of hydrogen-bond donors (Lipinski definition) is 2. The number of alkyl halides is 3. The molecule has 1 aliphatic rings. The van der Waals surface area contributed by atoms with Gasteiger partial charge in [-0.15, -0.1) is 11.3 Å². The zero-order chi connectivity index (χ0) is 18.0. The maximum Gasteiger partial charge on any atom is 0.416 e. The lowest BCUT2D eigenvalue weighted by Crippen LogP contribution is -2.49. The normalized spacial score (nSPS) is 16.3. The van der Waals surface area contributed by atoms with E-state index in [1.54, 1.807) is 0 Å². The SMILES string of the molecule is CC(C(=O)NCc1csc(-c2ccc(C(F)(F)F)cc2)n1)C1CNC1. The quantitative estimate of drug-likeness (QED) is 0.850. The molecule has 0 radical (unpaired) electrons. The van der Waals surface area contributed by atoms with Gasteiger partial charge in [-0.3, -0.25) is 4.79 Å². The first-order valence-electron chi connectivity index (χ1n) is 7.95. The first-order valence-corrected chi connectivity index (χ1v) is 8.83. The Morgan fingerprint density at radius 1 is 1.36 bits per heavy atom. The number of carbonyl (C=O) groups excluding carboxylic acids is 1. The van der Waals surface area contributed by atoms with Crippen LogP contribution in [-0.4, -0.2) is 24.0 Å². The fourth-order valence-corrected chi connectivity index (χ4v) is 3.37. The molecule has 2 heterocycles. The molecule has 3 rings (SSSR count). The molecule has 0 saturated carbocycles. The molecular formula is C17H18F3N3OS. The Balaban J connectivity index is 1.59. The number of carbonyl (C=O) groups is 1. The molecule has 1 unspecified atom stereocenters. The van der Waals surface area contributed by atoms with E-state index in [0.717, 1.165) is 25.2 Å². The highest BCUT2D eigenvalue weighted by Crippen LogP contribution is 2.31. The Morgan fingerprint density at radius 2 is 2.04 bits per heavy atom. The van der Waals surface area contributed by atoms with Crippen molar-refractivity contribution in [3.8, 4) is 10.6 Å². The minimum absolute atomic E-state index is 0.00409. The van der Waals surface area contributed by atoms with Crippen molar-refractivity contribution in [2.24, 2.45) is 11.8 Å². The van der Waals surface area contributed by atoms with Crippen molar-refractivity contribution in [1.29, 1.82) is 0 Å². The molecule has 2 aromatic rings. The summed E-state index contributed by atoms with van der Waals surface area (Å²) < 4.78 is 37.8. The predicted molar refractivity (Wildman–Crippen MR) is 89.9 cm³/mol. The van der Waals surface area contributed by atoms with Gasteiger partial charge in [0.25, 0.3) is 0 Å². The summed E-state index contributed by atoms with van der Waals surface area (Å²) >= 11 is 1.34. The third-order valence-corrected chi connectivity index (χ3v) is 5.33. The number of halogens is 3. The Kier molecular flexibility index (Phi) is 5.10. The standard InChI is InChI=1S/C17H18F3N3OS/c1-10(12-6-21-7-12)15(24)22-8-14-9-25-16(23-14)11-2-4-13(5-3-11)17(18,19)20/h2-5,9-10,12,21H,6-8H2,1H3,(H,22,24). The lowest BCUT2D eigenvalue weighted by atomic mass is 9.88. The first kappa shape index (κ1) is 17.9. The molecule has 1 aliphatic heterocycles. The molecule has 8 heteroatoms. The van der Waals surface area contributed by atoms with Gasteiger partial charge in [-0.2, -0.15) is 13.2 Å². The van der Waals surface area contributed by atoms with Crippen LogP contribution in [0.4, 0.5) is 13.2 Å². The second-order valence-corrected chi connectivity index (χ2v) is 7.00. The monoisotopic (exact) mass is 369 g/mol. The molecule has 1 saturated heterocycles. The van der Waals surface area contributed by atoms with Crippen LogP contribution in [0.5, 0.6) is 0 Å². The van der Waals surface area contributed by atoms with Crippen molar-refractivity contribution in [1.82, 2.24) is 15.6 Å². The fourth-order valence-electron chi connectivity index (χ4n) is 2.54. The van der Waals surface area contributed by atoms with Gasteiger partial charge in [0, 0.05) is 16.9 Å². The van der Waals surface area contributed by atoms with Crippen molar-refractivity contribution in [2.45, 2.75) is 19.6 Å². The summed E-state index contributed by atoms with van der Waals surface area (Å²) in [6, 6.07) is 4.92. The number of amides is 1. The molecule has 0 spiro atoms. The smallest absolute Gasteiger partial charge is 0.350 e. The van der Waals surface area contributed by atoms with Crippen LogP contribution in [0.3, 0.4) is 0 Å². The number of aromatic nitrogens is 1. The van der Waals surface area contributed by atoms with Crippen LogP contribution >= 0.6 is 11.3 Å². The van der Waals surface area contributed by atoms with Crippen LogP contribution in [0.15, 0.2) is 29.6 Å². The highest BCUT2D eigenvalue weighted by Gasteiger charge is 2.30. The van der Waals surface area contributed by atoms with Crippen molar-refractivity contribution < 1.29 is 18.0 Å². The summed E-state index contributed by atoms with van der Waals surface area (Å²) in [5.41, 5.74) is 0.649. The van der Waals surface area contributed by atoms with E-state index in [1.165, 1.54) is 23.5 Å². The van der Waals surface area contributed by atoms with Gasteiger partial charge in [-0.1, -0.05) is 19.1 Å². The molecule has 1 fully saturated rings. The van der Waals surface area contributed by atoms with Crippen LogP contribution in [-0.2, 0) is 17.5 Å². The van der Waals surface area contributed by atoms with Gasteiger partial charge >= 0.3 is 6.18 Å². The van der Waals surface area contributed by atoms with E-state index in [-0.39, 0.29) is 11.8 Å². The van der Waals surface area contributed by atoms with Gasteiger partial charge in [0.05, 0.1) is 17.8 Å². The molecule has 134 valence electrons. The van der Waals surface area contributed by atoms with Crippen molar-refractivity contribution in [3.05, 3.63) is 40.9 Å². The number of rotatable bonds is 5. The topological polar surface area (TPSA) is 54.0 Å². The molecule has 2 N–H and O–H groups in total. The minimum atomic E-state index is -4.34. The molecule has 1 atom stereocenters. The number of nitrogens with zero attached hydrogens (tertiary/aromatic N) is 1. The summed E-state index contributed by atoms with van der Waals surface area (Å²) in [6.07, 6.45) is -4.34. The van der Waals surface area contributed by atoms with Crippen LogP contribution in [0.25, 0.3) is 10.6 Å². The largest absolute Gasteiger partial charge is 0.416 e. The molecular weight excluding hydrogens is 351 g/mol. The number of benzene rings is 1. The molecule has 4 nitrogen and oxygen atoms in total. The zero-order valence-corrected chi connectivity index (χ0v) is 14.4. The summed E-state index contributed by atoms with van der Waals surface area (Å²) in [5, 5.41) is 8.46. The summed E-state index contributed by atoms with van der Waals surface area (Å²) in [6.45, 7) is 3.96. The summed E-state index contributed by atoms with van der Waals surface area (Å²) in [5.74, 6) is 0.322. The average Bonchev–Trinajstić information content (AvgIpc) is 2.99. The van der Waals surface area contributed by atoms with Crippen molar-refractivity contribution in [3.63, 3.8) is 0 Å². The molecule has 25 heavy (non-hydrogen) atoms. The van der Waals surface area contributed by atoms with E-state index < -0.39 is 11.7 Å². The Hall–Kier alpha value is -1.93. The second-order valence-electron chi connectivity index (χ2n) is 6.14. The minimum Gasteiger partial charge on any atom is -0.350 e. The lowest BCUT2D eigenvalue weighted by Gasteiger charge is -2.31. The number of thiazole rings is 1. The highest BCUT2D eigenvalue weighted by atomic mass is 32.1. The third kappa shape index (κ3) is 4.19. The Labute approximate surface area is 147 Å². The zero-order valence-electron chi connectivity index (χ0n) is 13.6. The lowest BCUT2D eigenvalue weighted by molar-refractivity contribution is -0.137. The first-order chi connectivity index (χ1) is 11.8. The van der Waals surface area contributed by atoms with Gasteiger partial charge in [0.15, 0.2) is 0 Å². The number of nitrogens with one attached hydrogen (secondary N) is 2. The Bertz CT molecular complexity index is 738. The number of hydrogen-bond acceptors (Lipinski definition) is 4. The highest BCUT2D eigenvalue weighted by molar-refractivity contribution is 7.13. The molecule has 1 amide bonds. The van der Waals surface area contributed by atoms with Crippen LogP contribution < -0.4 is 10.6 Å². The van der Waals surface area contributed by atoms with Gasteiger partial charge in [-0.25, -0.2) is 4.98 Å². The third-order valence-electron chi connectivity index (χ3n) is 4.39. The average molecular weight is 369 g/mol. The summed E-state index contributed by atoms with van der Waals surface area (Å²) in [7, 11) is 0. The van der Waals surface area contributed by atoms with Crippen LogP contribution in [0.1, 0.15) is 18.2 Å². The maximum absolute atomic E-state index is 12.6. The molecule has 0 aliphatic carbocycles. The van der Waals surface area contributed by atoms with Crippen molar-refractivity contribution >= 4 is 17.2 Å². The second kappa shape index (κ2) is 7.13. The van der Waals surface area contributed by atoms with Gasteiger partial charge in [0.1, 0.15) is 5.01 Å². The fraction of sp³-hybridized carbons (Fsp3) is 0.412. The van der Waals surface area contributed by atoms with E-state index in [2.05, 4.69) is 15.6 Å². The maximum atomic E-state index is 12.6. The van der Waals surface area contributed by atoms with Gasteiger partial charge < -0.3 is 10.6 Å². The van der Waals surface area contributed by atoms with E-state index in [9.17, 15) is 18.0 Å². The van der Waals surface area contributed by atoms with Crippen LogP contribution in [0.2, 0.25) is 0 Å². The van der Waals surface area contributed by atoms with Crippen molar-refractivity contribution in [2.75, 3.05) is 13.1 Å². The van der Waals surface area contributed by atoms with E-state index in [0.29, 0.717) is 28.7 Å². The van der Waals surface area contributed by atoms with E-state index >= 15 is 0 Å². The molecule has 0 bridgehead atoms. The van der Waals surface area contributed by atoms with Crippen LogP contribution in [0, 0.1) is 11.8 Å². The van der Waals surface area contributed by atoms with Gasteiger partial charge in [0.2, 0.25) is 5.91 Å². The predicted octanol–water partition coefficient (Wildman–Crippen LogP) is 3.30. The Morgan fingerprint density at radius 3 is 2.60 bits per heavy atom. The van der Waals surface area contributed by atoms with E-state index in [4.69, 9.17) is 0 Å². The molecule has 1 aromatic carbocycles. The van der Waals surface area contributed by atoms with Gasteiger partial charge in [-0.05, 0) is 31.1 Å². The van der Waals surface area contributed by atoms with E-state index in [1.807, 2.05) is 12.3 Å². The summed E-state index contributed by atoms with van der Waals surface area (Å²) in [4.78, 5) is 16.5. The molecule has 1 aromatic heterocycles.